The molecule has 20 nitrogen and oxygen atoms in total. The molecule has 0 saturated carbocycles. The van der Waals surface area contributed by atoms with Crippen molar-refractivity contribution in [3.8, 4) is 0 Å². The average Bonchev–Trinajstić information content (AvgIpc) is 3.61. The number of primary amides is 1. The van der Waals surface area contributed by atoms with Crippen molar-refractivity contribution < 1.29 is 67.0 Å². The highest BCUT2D eigenvalue weighted by Gasteiger charge is 2.47. The molecule has 1 aromatic carbocycles. The lowest BCUT2D eigenvalue weighted by molar-refractivity contribution is -0.0507. The maximum Gasteiger partial charge on any atom is 0.481 e. The SMILES string of the molecule is NC(=O)c1cccc([C@@H]2O[C@H](COP(=O)(O)OP(=O)(O)OC[C@H]3O[C@@H](n4cnc5c(N)ncnc54)[C@@H](O)C3O)C(O)[C@@H]2O)c1. The van der Waals surface area contributed by atoms with E-state index in [-0.39, 0.29) is 28.1 Å². The second kappa shape index (κ2) is 12.5. The Kier molecular flexibility index (Phi) is 9.18. The van der Waals surface area contributed by atoms with Crippen LogP contribution in [0.4, 0.5) is 5.82 Å². The molecule has 5 rings (SSSR count). The highest BCUT2D eigenvalue weighted by molar-refractivity contribution is 7.61. The molecular weight excluding hydrogens is 634 g/mol. The Morgan fingerprint density at radius 2 is 1.57 bits per heavy atom. The van der Waals surface area contributed by atoms with Crippen molar-refractivity contribution in [1.82, 2.24) is 19.5 Å². The van der Waals surface area contributed by atoms with Crippen molar-refractivity contribution in [2.24, 2.45) is 5.73 Å². The summed E-state index contributed by atoms with van der Waals surface area (Å²) in [4.78, 5) is 43.3. The van der Waals surface area contributed by atoms with E-state index in [1.807, 2.05) is 0 Å². The molecule has 2 aromatic heterocycles. The van der Waals surface area contributed by atoms with Gasteiger partial charge in [-0.1, -0.05) is 12.1 Å². The molecule has 0 bridgehead atoms. The fourth-order valence-corrected chi connectivity index (χ4v) is 6.79. The quantitative estimate of drug-likeness (QED) is 0.105. The molecule has 0 radical (unpaired) electrons. The van der Waals surface area contributed by atoms with Crippen LogP contribution in [0.1, 0.15) is 28.3 Å². The summed E-state index contributed by atoms with van der Waals surface area (Å²) in [5.41, 5.74) is 11.7. The second-order valence-electron chi connectivity index (χ2n) is 9.81. The number of anilines is 1. The van der Waals surface area contributed by atoms with E-state index in [4.69, 9.17) is 30.0 Å². The number of phosphoric ester groups is 2. The fraction of sp³-hybridized carbons (Fsp3) is 0.455. The van der Waals surface area contributed by atoms with E-state index in [2.05, 4.69) is 19.3 Å². The zero-order valence-corrected chi connectivity index (χ0v) is 24.1. The van der Waals surface area contributed by atoms with Crippen LogP contribution in [0.25, 0.3) is 11.2 Å². The van der Waals surface area contributed by atoms with Gasteiger partial charge in [-0.3, -0.25) is 18.4 Å². The predicted molar refractivity (Wildman–Crippen MR) is 143 cm³/mol. The minimum absolute atomic E-state index is 0.0516. The van der Waals surface area contributed by atoms with Gasteiger partial charge in [0.1, 0.15) is 54.6 Å². The molecule has 44 heavy (non-hydrogen) atoms. The monoisotopic (exact) mass is 662 g/mol. The predicted octanol–water partition coefficient (Wildman–Crippen LogP) is -1.76. The number of nitrogen functional groups attached to an aromatic ring is 1. The van der Waals surface area contributed by atoms with Crippen LogP contribution in [0.15, 0.2) is 36.9 Å². The first kappa shape index (κ1) is 32.5. The molecule has 0 aliphatic carbocycles. The lowest BCUT2D eigenvalue weighted by Crippen LogP contribution is -2.33. The van der Waals surface area contributed by atoms with Gasteiger partial charge in [0.2, 0.25) is 5.91 Å². The van der Waals surface area contributed by atoms with Crippen LogP contribution in [0.5, 0.6) is 0 Å². The van der Waals surface area contributed by atoms with Gasteiger partial charge < -0.3 is 51.2 Å². The maximum absolute atomic E-state index is 12.4. The summed E-state index contributed by atoms with van der Waals surface area (Å²) >= 11 is 0. The number of carbonyl (C=O) groups excluding carboxylic acids is 1. The van der Waals surface area contributed by atoms with Crippen LogP contribution in [0, 0.1) is 0 Å². The fourth-order valence-electron chi connectivity index (χ4n) is 4.70. The van der Waals surface area contributed by atoms with Gasteiger partial charge in [-0.05, 0) is 17.7 Å². The number of benzene rings is 1. The molecule has 2 saturated heterocycles. The van der Waals surface area contributed by atoms with Crippen molar-refractivity contribution in [2.45, 2.75) is 49.0 Å². The van der Waals surface area contributed by atoms with Crippen LogP contribution in [-0.4, -0.2) is 105 Å². The number of amides is 1. The number of aliphatic hydroxyl groups excluding tert-OH is 4. The van der Waals surface area contributed by atoms with Gasteiger partial charge in [-0.15, -0.1) is 0 Å². The minimum Gasteiger partial charge on any atom is -0.387 e. The van der Waals surface area contributed by atoms with Gasteiger partial charge in [0.25, 0.3) is 0 Å². The highest BCUT2D eigenvalue weighted by Crippen LogP contribution is 2.60. The number of hydrogen-bond acceptors (Lipinski definition) is 16. The van der Waals surface area contributed by atoms with Crippen molar-refractivity contribution in [2.75, 3.05) is 18.9 Å². The number of ether oxygens (including phenoxy) is 2. The van der Waals surface area contributed by atoms with Gasteiger partial charge in [-0.2, -0.15) is 4.31 Å². The zero-order valence-electron chi connectivity index (χ0n) is 22.3. The van der Waals surface area contributed by atoms with Crippen molar-refractivity contribution in [1.29, 1.82) is 0 Å². The highest BCUT2D eigenvalue weighted by atomic mass is 31.3. The Morgan fingerprint density at radius 1 is 0.932 bits per heavy atom. The Bertz CT molecular complexity index is 1630. The third-order valence-corrected chi connectivity index (χ3v) is 9.47. The molecule has 10 atom stereocenters. The molecule has 10 N–H and O–H groups in total. The van der Waals surface area contributed by atoms with E-state index >= 15 is 0 Å². The molecule has 4 unspecified atom stereocenters. The zero-order chi connectivity index (χ0) is 32.0. The van der Waals surface area contributed by atoms with Gasteiger partial charge >= 0.3 is 15.6 Å². The summed E-state index contributed by atoms with van der Waals surface area (Å²) in [5, 5.41) is 41.7. The maximum atomic E-state index is 12.4. The van der Waals surface area contributed by atoms with E-state index in [1.54, 1.807) is 0 Å². The van der Waals surface area contributed by atoms with Crippen LogP contribution < -0.4 is 11.5 Å². The van der Waals surface area contributed by atoms with Gasteiger partial charge in [0, 0.05) is 5.56 Å². The molecule has 240 valence electrons. The number of fused-ring (bicyclic) bond motifs is 1. The van der Waals surface area contributed by atoms with E-state index in [0.717, 1.165) is 6.33 Å². The van der Waals surface area contributed by atoms with E-state index in [1.165, 1.54) is 35.2 Å². The molecule has 3 aromatic rings. The Labute approximate surface area is 247 Å². The average molecular weight is 662 g/mol. The summed E-state index contributed by atoms with van der Waals surface area (Å²) in [7, 11) is -10.7. The lowest BCUT2D eigenvalue weighted by Gasteiger charge is -2.20. The summed E-state index contributed by atoms with van der Waals surface area (Å²) in [6.07, 6.45) is -9.33. The van der Waals surface area contributed by atoms with E-state index in [0.29, 0.717) is 0 Å². The van der Waals surface area contributed by atoms with Crippen molar-refractivity contribution >= 4 is 38.5 Å². The summed E-state index contributed by atoms with van der Waals surface area (Å²) in [5.74, 6) is -0.693. The number of hydrogen-bond donors (Lipinski definition) is 8. The molecule has 2 aliphatic rings. The molecule has 2 fully saturated rings. The number of aromatic nitrogens is 4. The van der Waals surface area contributed by atoms with Crippen LogP contribution in [0.3, 0.4) is 0 Å². The molecule has 2 aliphatic heterocycles. The number of phosphoric acid groups is 2. The topological polar surface area (TPSA) is 314 Å². The number of aliphatic hydroxyl groups is 4. The Hall–Kier alpha value is -2.94. The van der Waals surface area contributed by atoms with E-state index in [9.17, 15) is 44.1 Å². The lowest BCUT2D eigenvalue weighted by atomic mass is 10.00. The normalized spacial score (nSPS) is 31.6. The van der Waals surface area contributed by atoms with Crippen LogP contribution in [0.2, 0.25) is 0 Å². The molecular formula is C22H28N6O14P2. The largest absolute Gasteiger partial charge is 0.481 e. The third-order valence-electron chi connectivity index (χ3n) is 6.87. The Morgan fingerprint density at radius 3 is 2.23 bits per heavy atom. The van der Waals surface area contributed by atoms with Crippen molar-refractivity contribution in [3.05, 3.63) is 48.0 Å². The van der Waals surface area contributed by atoms with Gasteiger partial charge in [0.05, 0.1) is 19.5 Å². The molecule has 1 amide bonds. The van der Waals surface area contributed by atoms with E-state index < -0.39 is 83.7 Å². The second-order valence-corrected chi connectivity index (χ2v) is 12.8. The summed E-state index contributed by atoms with van der Waals surface area (Å²) in [6.45, 7) is -1.78. The third kappa shape index (κ3) is 6.68. The number of imidazole rings is 1. The molecule has 22 heteroatoms. The van der Waals surface area contributed by atoms with Crippen LogP contribution >= 0.6 is 15.6 Å². The smallest absolute Gasteiger partial charge is 0.387 e. The molecule has 4 heterocycles. The first-order chi connectivity index (χ1) is 20.7. The number of nitrogens with zero attached hydrogens (tertiary/aromatic N) is 4. The summed E-state index contributed by atoms with van der Waals surface area (Å²) in [6, 6.07) is 5.72. The van der Waals surface area contributed by atoms with Gasteiger partial charge in [-0.25, -0.2) is 24.1 Å². The van der Waals surface area contributed by atoms with Gasteiger partial charge in [0.15, 0.2) is 17.7 Å². The Balaban J connectivity index is 1.16. The van der Waals surface area contributed by atoms with Crippen LogP contribution in [-0.2, 0) is 32.0 Å². The standard InChI is InChI=1S/C22H28N6O14P2/c23-19-13-21(26-7-25-19)28(8-27-13)22-17(32)15(30)12(41-22)6-39-44(36,37)42-43(34,35)38-5-11-14(29)16(31)18(40-11)9-2-1-3-10(4-9)20(24)33/h1-4,7-8,11-12,14-18,22,29-32H,5-6H2,(H2,24,33)(H,34,35)(H,36,37)(H2,23,25,26)/t11-,12-,14?,15?,16+,17+,18+,22-/m1/s1. The van der Waals surface area contributed by atoms with Crippen molar-refractivity contribution in [3.63, 3.8) is 0 Å². The first-order valence-electron chi connectivity index (χ1n) is 12.7. The number of nitrogens with two attached hydrogens (primary N) is 2. The first-order valence-corrected chi connectivity index (χ1v) is 15.7. The molecule has 0 spiro atoms. The minimum atomic E-state index is -5.37. The summed E-state index contributed by atoms with van der Waals surface area (Å²) < 4.78 is 50.9. The number of carbonyl (C=O) groups is 1. The number of rotatable bonds is 11.